The van der Waals surface area contributed by atoms with E-state index in [0.29, 0.717) is 12.3 Å². The Morgan fingerprint density at radius 3 is 2.89 bits per heavy atom. The van der Waals surface area contributed by atoms with E-state index in [9.17, 15) is 9.18 Å². The van der Waals surface area contributed by atoms with E-state index < -0.39 is 5.82 Å². The normalized spacial score (nSPS) is 16.6. The highest BCUT2D eigenvalue weighted by atomic mass is 35.5. The summed E-state index contributed by atoms with van der Waals surface area (Å²) in [6.45, 7) is 2.16. The molecule has 0 aliphatic carbocycles. The molecule has 1 aromatic carbocycles. The quantitative estimate of drug-likeness (QED) is 0.760. The fraction of sp³-hybridized carbons (Fsp3) is 0.400. The average molecular weight is 428 g/mol. The molecule has 1 unspecified atom stereocenters. The molecule has 1 fully saturated rings. The Balaban J connectivity index is 0.00000280. The van der Waals surface area contributed by atoms with Gasteiger partial charge in [0, 0.05) is 18.3 Å². The number of halogens is 3. The van der Waals surface area contributed by atoms with Crippen molar-refractivity contribution in [2.45, 2.75) is 31.8 Å². The van der Waals surface area contributed by atoms with Crippen LogP contribution < -0.4 is 10.1 Å². The molecular weight excluding hydrogens is 404 g/mol. The molecule has 0 saturated carbocycles. The third-order valence-corrected chi connectivity index (χ3v) is 4.91. The number of carbonyl (C=O) groups excluding carboxylic acids is 1. The highest BCUT2D eigenvalue weighted by Crippen LogP contribution is 2.22. The molecule has 0 bridgehead atoms. The zero-order valence-electron chi connectivity index (χ0n) is 15.4. The number of nitrogens with one attached hydrogen (secondary N) is 1. The van der Waals surface area contributed by atoms with Crippen LogP contribution in [0, 0.1) is 5.82 Å². The van der Waals surface area contributed by atoms with Gasteiger partial charge in [0.15, 0.2) is 6.61 Å². The fourth-order valence-corrected chi connectivity index (χ4v) is 3.36. The first kappa shape index (κ1) is 22.4. The third kappa shape index (κ3) is 6.33. The van der Waals surface area contributed by atoms with E-state index >= 15 is 0 Å². The summed E-state index contributed by atoms with van der Waals surface area (Å²) in [5.74, 6) is -0.263. The molecule has 8 heteroatoms. The van der Waals surface area contributed by atoms with Crippen molar-refractivity contribution in [3.8, 4) is 5.75 Å². The molecule has 152 valence electrons. The van der Waals surface area contributed by atoms with Crippen LogP contribution in [0.5, 0.6) is 5.75 Å². The van der Waals surface area contributed by atoms with Gasteiger partial charge in [0.2, 0.25) is 0 Å². The first-order chi connectivity index (χ1) is 13.1. The van der Waals surface area contributed by atoms with Crippen LogP contribution in [0.2, 0.25) is 5.02 Å². The molecule has 0 radical (unpaired) electrons. The second kappa shape index (κ2) is 11.2. The van der Waals surface area contributed by atoms with E-state index in [-0.39, 0.29) is 36.0 Å². The summed E-state index contributed by atoms with van der Waals surface area (Å²) in [4.78, 5) is 19.1. The zero-order chi connectivity index (χ0) is 19.1. The van der Waals surface area contributed by atoms with Crippen LogP contribution in [0.4, 0.5) is 4.39 Å². The number of amides is 1. The van der Waals surface area contributed by atoms with Gasteiger partial charge in [0.25, 0.3) is 5.91 Å². The lowest BCUT2D eigenvalue weighted by Crippen LogP contribution is -2.43. The first-order valence-electron chi connectivity index (χ1n) is 9.11. The summed E-state index contributed by atoms with van der Waals surface area (Å²) in [5, 5.41) is 3.34. The predicted octanol–water partition coefficient (Wildman–Crippen LogP) is 3.85. The number of carbonyl (C=O) groups is 1. The van der Waals surface area contributed by atoms with Crippen LogP contribution in [0.3, 0.4) is 0 Å². The SMILES string of the molecule is Cl.O=C(COc1ccc(F)c(Cl)c1)N(Cc1ccccn1)C1CCCNCC1. The van der Waals surface area contributed by atoms with Gasteiger partial charge in [-0.1, -0.05) is 17.7 Å². The Morgan fingerprint density at radius 1 is 1.29 bits per heavy atom. The number of ether oxygens (including phenoxy) is 1. The van der Waals surface area contributed by atoms with Crippen molar-refractivity contribution in [3.05, 3.63) is 59.1 Å². The lowest BCUT2D eigenvalue weighted by Gasteiger charge is -2.31. The summed E-state index contributed by atoms with van der Waals surface area (Å²) in [6.07, 6.45) is 4.57. The highest BCUT2D eigenvalue weighted by molar-refractivity contribution is 6.30. The van der Waals surface area contributed by atoms with Crippen molar-refractivity contribution in [3.63, 3.8) is 0 Å². The van der Waals surface area contributed by atoms with Gasteiger partial charge in [-0.2, -0.15) is 0 Å². The van der Waals surface area contributed by atoms with Crippen LogP contribution in [-0.2, 0) is 11.3 Å². The molecule has 1 saturated heterocycles. The molecule has 1 N–H and O–H groups in total. The Morgan fingerprint density at radius 2 is 2.14 bits per heavy atom. The molecule has 1 atom stereocenters. The number of hydrogen-bond acceptors (Lipinski definition) is 4. The van der Waals surface area contributed by atoms with Gasteiger partial charge in [-0.05, 0) is 56.6 Å². The van der Waals surface area contributed by atoms with Crippen LogP contribution in [0.25, 0.3) is 0 Å². The average Bonchev–Trinajstić information content (AvgIpc) is 2.97. The zero-order valence-corrected chi connectivity index (χ0v) is 17.0. The molecule has 1 amide bonds. The van der Waals surface area contributed by atoms with Crippen LogP contribution in [-0.4, -0.2) is 41.5 Å². The van der Waals surface area contributed by atoms with E-state index in [2.05, 4.69) is 10.3 Å². The molecule has 28 heavy (non-hydrogen) atoms. The van der Waals surface area contributed by atoms with Crippen molar-refractivity contribution in [2.75, 3.05) is 19.7 Å². The summed E-state index contributed by atoms with van der Waals surface area (Å²) >= 11 is 5.77. The number of nitrogens with zero attached hydrogens (tertiary/aromatic N) is 2. The minimum absolute atomic E-state index is 0. The Bertz CT molecular complexity index is 756. The van der Waals surface area contributed by atoms with E-state index in [1.807, 2.05) is 23.1 Å². The Hall–Kier alpha value is -1.89. The summed E-state index contributed by atoms with van der Waals surface area (Å²) in [7, 11) is 0. The van der Waals surface area contributed by atoms with Gasteiger partial charge >= 0.3 is 0 Å². The number of benzene rings is 1. The molecule has 2 heterocycles. The van der Waals surface area contributed by atoms with E-state index in [0.717, 1.165) is 38.0 Å². The van der Waals surface area contributed by atoms with Crippen molar-refractivity contribution in [1.29, 1.82) is 0 Å². The minimum Gasteiger partial charge on any atom is -0.484 e. The van der Waals surface area contributed by atoms with E-state index in [1.165, 1.54) is 18.2 Å². The predicted molar refractivity (Wildman–Crippen MR) is 109 cm³/mol. The fourth-order valence-electron chi connectivity index (χ4n) is 3.19. The van der Waals surface area contributed by atoms with Crippen molar-refractivity contribution < 1.29 is 13.9 Å². The first-order valence-corrected chi connectivity index (χ1v) is 9.49. The Labute approximate surface area is 175 Å². The maximum atomic E-state index is 13.3. The molecule has 1 aliphatic rings. The molecule has 1 aliphatic heterocycles. The monoisotopic (exact) mass is 427 g/mol. The second-order valence-electron chi connectivity index (χ2n) is 6.54. The summed E-state index contributed by atoms with van der Waals surface area (Å²) in [5.41, 5.74) is 0.841. The largest absolute Gasteiger partial charge is 0.484 e. The molecule has 5 nitrogen and oxygen atoms in total. The highest BCUT2D eigenvalue weighted by Gasteiger charge is 2.25. The number of rotatable bonds is 6. The lowest BCUT2D eigenvalue weighted by molar-refractivity contribution is -0.136. The van der Waals surface area contributed by atoms with E-state index in [1.54, 1.807) is 6.20 Å². The maximum absolute atomic E-state index is 13.3. The third-order valence-electron chi connectivity index (χ3n) is 4.62. The molecule has 0 spiro atoms. The number of aromatic nitrogens is 1. The molecule has 2 aromatic rings. The molecule has 3 rings (SSSR count). The smallest absolute Gasteiger partial charge is 0.261 e. The van der Waals surface area contributed by atoms with E-state index in [4.69, 9.17) is 16.3 Å². The standard InChI is InChI=1S/C20H23ClFN3O2.ClH/c21-18-12-17(6-7-19(18)22)27-14-20(26)25(13-15-4-1-2-10-24-15)16-5-3-9-23-11-8-16;/h1-2,4,6-7,10,12,16,23H,3,5,8-9,11,13-14H2;1H. The molecule has 1 aromatic heterocycles. The van der Waals surface area contributed by atoms with Crippen molar-refractivity contribution >= 4 is 29.9 Å². The van der Waals surface area contributed by atoms with Crippen LogP contribution in [0.1, 0.15) is 25.0 Å². The van der Waals surface area contributed by atoms with Gasteiger partial charge in [0.1, 0.15) is 11.6 Å². The summed E-state index contributed by atoms with van der Waals surface area (Å²) in [6, 6.07) is 9.88. The van der Waals surface area contributed by atoms with Crippen LogP contribution in [0.15, 0.2) is 42.6 Å². The van der Waals surface area contributed by atoms with Gasteiger partial charge in [0.05, 0.1) is 17.3 Å². The lowest BCUT2D eigenvalue weighted by atomic mass is 10.1. The van der Waals surface area contributed by atoms with Crippen molar-refractivity contribution in [2.24, 2.45) is 0 Å². The second-order valence-corrected chi connectivity index (χ2v) is 6.95. The van der Waals surface area contributed by atoms with Crippen molar-refractivity contribution in [1.82, 2.24) is 15.2 Å². The van der Waals surface area contributed by atoms with Gasteiger partial charge in [-0.15, -0.1) is 12.4 Å². The topological polar surface area (TPSA) is 54.5 Å². The maximum Gasteiger partial charge on any atom is 0.261 e. The molecular formula is C20H24Cl2FN3O2. The van der Waals surface area contributed by atoms with Gasteiger partial charge in [-0.25, -0.2) is 4.39 Å². The van der Waals surface area contributed by atoms with Crippen LogP contribution >= 0.6 is 24.0 Å². The number of pyridine rings is 1. The number of hydrogen-bond donors (Lipinski definition) is 1. The van der Waals surface area contributed by atoms with Gasteiger partial charge < -0.3 is 15.0 Å². The Kier molecular flexibility index (Phi) is 8.96. The van der Waals surface area contributed by atoms with Gasteiger partial charge in [-0.3, -0.25) is 9.78 Å². The summed E-state index contributed by atoms with van der Waals surface area (Å²) < 4.78 is 18.8. The minimum atomic E-state index is -0.516.